The molecule has 2 aliphatic carbocycles. The van der Waals surface area contributed by atoms with Crippen LogP contribution in [0.2, 0.25) is 0 Å². The van der Waals surface area contributed by atoms with Gasteiger partial charge < -0.3 is 14.2 Å². The number of hydrogen-bond acceptors (Lipinski definition) is 5. The van der Waals surface area contributed by atoms with Crippen LogP contribution in [0.3, 0.4) is 0 Å². The molecule has 6 heteroatoms. The molecular weight excluding hydrogens is 358 g/mol. The Morgan fingerprint density at radius 1 is 1.43 bits per heavy atom. The molecule has 3 heterocycles. The first-order chi connectivity index (χ1) is 13.5. The van der Waals surface area contributed by atoms with Crippen molar-refractivity contribution in [3.63, 3.8) is 0 Å². The lowest BCUT2D eigenvalue weighted by Crippen LogP contribution is -2.77. The number of nitrogens with zero attached hydrogens (tertiary/aromatic N) is 1. The third kappa shape index (κ3) is 1.61. The summed E-state index contributed by atoms with van der Waals surface area (Å²) in [5.41, 5.74) is 1.42. The zero-order valence-corrected chi connectivity index (χ0v) is 16.0. The van der Waals surface area contributed by atoms with Crippen molar-refractivity contribution in [2.45, 2.75) is 55.8 Å². The fourth-order valence-corrected chi connectivity index (χ4v) is 7.12. The number of Topliss-reactive ketones (excluding diaryl/α,β-unsaturated/α-hetero) is 1. The van der Waals surface area contributed by atoms with E-state index < -0.39 is 11.5 Å². The summed E-state index contributed by atoms with van der Waals surface area (Å²) in [5, 5.41) is 0. The van der Waals surface area contributed by atoms with E-state index in [1.807, 2.05) is 12.1 Å². The van der Waals surface area contributed by atoms with Gasteiger partial charge in [0, 0.05) is 31.7 Å². The lowest BCUT2D eigenvalue weighted by Gasteiger charge is -2.60. The molecule has 6 nitrogen and oxygen atoms in total. The number of ether oxygens (including phenoxy) is 3. The molecule has 5 aliphatic rings. The highest BCUT2D eigenvalue weighted by Gasteiger charge is 2.80. The van der Waals surface area contributed by atoms with E-state index in [2.05, 4.69) is 12.6 Å². The maximum Gasteiger partial charge on any atom is 0.308 e. The van der Waals surface area contributed by atoms with Gasteiger partial charge in [0.2, 0.25) is 0 Å². The number of esters is 1. The molecule has 4 bridgehead atoms. The van der Waals surface area contributed by atoms with E-state index in [9.17, 15) is 9.59 Å². The highest BCUT2D eigenvalue weighted by atomic mass is 16.6. The minimum atomic E-state index is -0.543. The first kappa shape index (κ1) is 16.7. The summed E-state index contributed by atoms with van der Waals surface area (Å²) in [6, 6.07) is 4.17. The van der Waals surface area contributed by atoms with Crippen LogP contribution < -0.4 is 9.47 Å². The van der Waals surface area contributed by atoms with Gasteiger partial charge in [-0.2, -0.15) is 0 Å². The summed E-state index contributed by atoms with van der Waals surface area (Å²) < 4.78 is 19.4. The third-order valence-corrected chi connectivity index (χ3v) is 8.02. The van der Waals surface area contributed by atoms with Gasteiger partial charge in [-0.15, -0.1) is 0 Å². The lowest BCUT2D eigenvalue weighted by atomic mass is 9.49. The quantitative estimate of drug-likeness (QED) is 0.347. The molecule has 0 N–H and O–H groups in total. The molecule has 5 unspecified atom stereocenters. The summed E-state index contributed by atoms with van der Waals surface area (Å²) in [4.78, 5) is 24.6. The Balaban J connectivity index is 1.63. The number of piperidine rings is 1. The normalized spacial score (nSPS) is 41.2. The van der Waals surface area contributed by atoms with Gasteiger partial charge in [0.05, 0.1) is 18.5 Å². The lowest BCUT2D eigenvalue weighted by molar-refractivity contribution is -0.947. The molecule has 28 heavy (non-hydrogen) atoms. The Bertz CT molecular complexity index is 956. The van der Waals surface area contributed by atoms with Crippen LogP contribution in [0.5, 0.6) is 11.5 Å². The summed E-state index contributed by atoms with van der Waals surface area (Å²) in [5.74, 6) is 0.766. The second-order valence-corrected chi connectivity index (χ2v) is 9.00. The van der Waals surface area contributed by atoms with Crippen molar-refractivity contribution in [1.29, 1.82) is 0 Å². The van der Waals surface area contributed by atoms with Gasteiger partial charge in [-0.3, -0.25) is 14.1 Å². The highest BCUT2D eigenvalue weighted by molar-refractivity contribution is 5.90. The van der Waals surface area contributed by atoms with Crippen LogP contribution in [0.25, 0.3) is 0 Å². The molecule has 1 saturated carbocycles. The largest absolute Gasteiger partial charge is 0.477 e. The van der Waals surface area contributed by atoms with Gasteiger partial charge in [-0.1, -0.05) is 12.6 Å². The summed E-state index contributed by atoms with van der Waals surface area (Å²) in [7, 11) is 0. The first-order valence-corrected chi connectivity index (χ1v) is 10.1. The Labute approximate surface area is 163 Å². The summed E-state index contributed by atoms with van der Waals surface area (Å²) >= 11 is 0. The number of hydrogen-bond donors (Lipinski definition) is 0. The van der Waals surface area contributed by atoms with Gasteiger partial charge in [-0.25, -0.2) is 0 Å². The summed E-state index contributed by atoms with van der Waals surface area (Å²) in [6.07, 6.45) is 4.41. The Hall–Kier alpha value is -2.18. The van der Waals surface area contributed by atoms with Crippen LogP contribution in [0.1, 0.15) is 37.3 Å². The van der Waals surface area contributed by atoms with E-state index in [1.54, 1.807) is 0 Å². The van der Waals surface area contributed by atoms with Gasteiger partial charge in [0.1, 0.15) is 11.6 Å². The average Bonchev–Trinajstić information content (AvgIpc) is 3.11. The Morgan fingerprint density at radius 3 is 3.07 bits per heavy atom. The van der Waals surface area contributed by atoms with Crippen molar-refractivity contribution in [3.05, 3.63) is 35.9 Å². The van der Waals surface area contributed by atoms with Crippen molar-refractivity contribution >= 4 is 11.8 Å². The van der Waals surface area contributed by atoms with Gasteiger partial charge in [0.15, 0.2) is 30.1 Å². The molecule has 3 fully saturated rings. The van der Waals surface area contributed by atoms with Crippen LogP contribution in [0, 0.1) is 0 Å². The predicted molar refractivity (Wildman–Crippen MR) is 99.1 cm³/mol. The van der Waals surface area contributed by atoms with E-state index in [0.717, 1.165) is 42.4 Å². The maximum absolute atomic E-state index is 13.0. The molecule has 6 rings (SSSR count). The highest BCUT2D eigenvalue weighted by Crippen LogP contribution is 2.69. The van der Waals surface area contributed by atoms with Crippen molar-refractivity contribution < 1.29 is 28.3 Å². The molecule has 3 aliphatic heterocycles. The molecule has 146 valence electrons. The molecule has 1 aromatic carbocycles. The molecule has 5 atom stereocenters. The standard InChI is InChI=1S/C22H24NO5/c1-3-9-23-10-8-21-18-14-4-5-16(27-13(2)24)19(18)28-20(21)15(25)6-7-22(21,26-12-23)17(23)11-14/h3-5,17,20H,1,6-12H2,2H3/q+1. The van der Waals surface area contributed by atoms with E-state index in [1.165, 1.54) is 12.5 Å². The number of quaternary nitrogens is 1. The zero-order chi connectivity index (χ0) is 19.3. The fraction of sp³-hybridized carbons (Fsp3) is 0.545. The fourth-order valence-electron chi connectivity index (χ4n) is 7.12. The van der Waals surface area contributed by atoms with Crippen LogP contribution in [0.15, 0.2) is 24.8 Å². The van der Waals surface area contributed by atoms with Crippen molar-refractivity contribution in [3.8, 4) is 11.5 Å². The van der Waals surface area contributed by atoms with E-state index in [4.69, 9.17) is 14.2 Å². The number of ketones is 1. The SMILES string of the molecule is C=CC[N+]12CCC34c5c6ccc(OC(C)=O)c5OC3C(=O)CCC4(OC1)C2C6. The van der Waals surface area contributed by atoms with Crippen LogP contribution >= 0.6 is 0 Å². The molecule has 2 spiro atoms. The molecule has 2 saturated heterocycles. The van der Waals surface area contributed by atoms with E-state index >= 15 is 0 Å². The molecular formula is C22H24NO5+. The van der Waals surface area contributed by atoms with E-state index in [0.29, 0.717) is 30.7 Å². The van der Waals surface area contributed by atoms with Gasteiger partial charge in [0.25, 0.3) is 0 Å². The molecule has 0 radical (unpaired) electrons. The third-order valence-electron chi connectivity index (χ3n) is 8.02. The van der Waals surface area contributed by atoms with Crippen molar-refractivity contribution in [1.82, 2.24) is 0 Å². The smallest absolute Gasteiger partial charge is 0.308 e. The second-order valence-electron chi connectivity index (χ2n) is 9.00. The van der Waals surface area contributed by atoms with Crippen LogP contribution in [-0.4, -0.2) is 53.8 Å². The van der Waals surface area contributed by atoms with Crippen molar-refractivity contribution in [2.24, 2.45) is 0 Å². The number of rotatable bonds is 3. The van der Waals surface area contributed by atoms with Gasteiger partial charge in [-0.05, 0) is 24.1 Å². The second kappa shape index (κ2) is 5.05. The monoisotopic (exact) mass is 382 g/mol. The minimum absolute atomic E-state index is 0.140. The molecule has 0 aromatic heterocycles. The number of carbonyl (C=O) groups excluding carboxylic acids is 2. The van der Waals surface area contributed by atoms with Crippen LogP contribution in [0.4, 0.5) is 0 Å². The van der Waals surface area contributed by atoms with Gasteiger partial charge >= 0.3 is 5.97 Å². The first-order valence-electron chi connectivity index (χ1n) is 10.1. The average molecular weight is 382 g/mol. The zero-order valence-electron chi connectivity index (χ0n) is 16.0. The number of carbonyl (C=O) groups is 2. The Morgan fingerprint density at radius 2 is 2.29 bits per heavy atom. The summed E-state index contributed by atoms with van der Waals surface area (Å²) in [6.45, 7) is 7.88. The minimum Gasteiger partial charge on any atom is -0.477 e. The molecule has 0 amide bonds. The van der Waals surface area contributed by atoms with Crippen molar-refractivity contribution in [2.75, 3.05) is 19.8 Å². The Kier molecular flexibility index (Phi) is 3.02. The number of benzene rings is 1. The maximum atomic E-state index is 13.0. The predicted octanol–water partition coefficient (Wildman–Crippen LogP) is 2.03. The van der Waals surface area contributed by atoms with E-state index in [-0.39, 0.29) is 17.4 Å². The van der Waals surface area contributed by atoms with Crippen LogP contribution in [-0.2, 0) is 26.2 Å². The topological polar surface area (TPSA) is 61.8 Å². The molecule has 1 aromatic rings.